The minimum absolute atomic E-state index is 0. The lowest BCUT2D eigenvalue weighted by Gasteiger charge is -2.29. The second-order valence-electron chi connectivity index (χ2n) is 21.8. The van der Waals surface area contributed by atoms with Gasteiger partial charge in [0.05, 0.1) is 57.2 Å². The molecule has 23 nitrogen and oxygen atoms in total. The van der Waals surface area contributed by atoms with Crippen LogP contribution in [-0.2, 0) is 41.5 Å². The lowest BCUT2D eigenvalue weighted by atomic mass is 9.80. The first-order valence-corrected chi connectivity index (χ1v) is 26.5. The topological polar surface area (TPSA) is 352 Å². The van der Waals surface area contributed by atoms with Gasteiger partial charge < -0.3 is 66.1 Å². The van der Waals surface area contributed by atoms with Gasteiger partial charge >= 0.3 is 23.9 Å². The lowest BCUT2D eigenvalue weighted by molar-refractivity contribution is -0.385. The normalized spacial score (nSPS) is 15.6. The van der Waals surface area contributed by atoms with Crippen LogP contribution in [0.15, 0.2) is 142 Å². The molecule has 4 unspecified atom stereocenters. The van der Waals surface area contributed by atoms with E-state index in [-0.39, 0.29) is 101 Å². The number of allylic oxidation sites excluding steroid dienone is 4. The number of halogens is 2. The Kier molecular flexibility index (Phi) is 28.4. The number of carboxylic acid groups (broad SMARTS) is 2. The number of aliphatic hydroxyl groups excluding tert-OH is 2. The van der Waals surface area contributed by atoms with Gasteiger partial charge in [-0.15, -0.1) is 24.8 Å². The molecular formula is C60H78Cl2N6O17. The molecule has 10 N–H and O–H groups in total. The van der Waals surface area contributed by atoms with Crippen molar-refractivity contribution in [1.29, 1.82) is 0 Å². The highest BCUT2D eigenvalue weighted by atomic mass is 35.5. The zero-order chi connectivity index (χ0) is 60.6. The highest BCUT2D eigenvalue weighted by Crippen LogP contribution is 2.41. The van der Waals surface area contributed by atoms with Crippen molar-refractivity contribution < 1.29 is 73.9 Å². The van der Waals surface area contributed by atoms with Crippen LogP contribution in [0.4, 0.5) is 11.4 Å². The molecule has 4 aromatic rings. The summed E-state index contributed by atoms with van der Waals surface area (Å²) in [6, 6.07) is 25.6. The SMILES string of the molecule is CC1=C(C(=O)O)C(c2cccc([N+](=O)[O-])c2)C(C(=O)OCCc2ccc(OCC(O)CNC(C)(C)C)cc2)=C(C)N1.CC1=C(C(=O)O)C(c2cccc([N+](=O)[O-])c2)C(C(=O)OCCc2ccc(OCC(O)CNC(C)(C)C)cc2)=C(C)N1.Cl.Cl.O. The third kappa shape index (κ3) is 21.9. The molecule has 0 spiro atoms. The second kappa shape index (κ2) is 33.0. The predicted octanol–water partition coefficient (Wildman–Crippen LogP) is 7.67. The molecule has 0 saturated heterocycles. The number of carboxylic acids is 2. The Morgan fingerprint density at radius 2 is 0.871 bits per heavy atom. The molecule has 0 aromatic heterocycles. The Bertz CT molecular complexity index is 2910. The number of dihydropyridines is 2. The van der Waals surface area contributed by atoms with E-state index in [0.29, 0.717) is 71.3 Å². The molecule has 0 bridgehead atoms. The number of non-ortho nitro benzene ring substituents is 2. The Balaban J connectivity index is 0.000000560. The van der Waals surface area contributed by atoms with E-state index in [2.05, 4.69) is 21.3 Å². The number of hydrogen-bond acceptors (Lipinski definition) is 18. The van der Waals surface area contributed by atoms with Crippen molar-refractivity contribution in [1.82, 2.24) is 21.3 Å². The molecule has 6 rings (SSSR count). The number of nitro groups is 2. The molecule has 25 heteroatoms. The number of nitrogens with zero attached hydrogens (tertiary/aromatic N) is 2. The van der Waals surface area contributed by atoms with E-state index >= 15 is 0 Å². The quantitative estimate of drug-likeness (QED) is 0.0189. The summed E-state index contributed by atoms with van der Waals surface area (Å²) in [6.07, 6.45) is -0.532. The van der Waals surface area contributed by atoms with Gasteiger partial charge in [-0.3, -0.25) is 20.2 Å². The van der Waals surface area contributed by atoms with Gasteiger partial charge in [0, 0.05) is 84.1 Å². The number of nitro benzene ring substituents is 2. The first kappa shape index (κ1) is 73.2. The second-order valence-corrected chi connectivity index (χ2v) is 21.8. The molecule has 0 amide bonds. The molecule has 2 heterocycles. The van der Waals surface area contributed by atoms with Crippen molar-refractivity contribution in [2.75, 3.05) is 39.5 Å². The van der Waals surface area contributed by atoms with Gasteiger partial charge in [-0.05, 0) is 116 Å². The molecule has 464 valence electrons. The van der Waals surface area contributed by atoms with E-state index in [4.69, 9.17) is 18.9 Å². The van der Waals surface area contributed by atoms with Gasteiger partial charge in [0.1, 0.15) is 36.9 Å². The molecule has 0 radical (unpaired) electrons. The summed E-state index contributed by atoms with van der Waals surface area (Å²) >= 11 is 0. The molecule has 0 aliphatic carbocycles. The highest BCUT2D eigenvalue weighted by molar-refractivity contribution is 6.00. The van der Waals surface area contributed by atoms with Gasteiger partial charge in [0.2, 0.25) is 0 Å². The number of ether oxygens (including phenoxy) is 4. The van der Waals surface area contributed by atoms with E-state index < -0.39 is 57.8 Å². The number of nitrogens with one attached hydrogen (secondary N) is 4. The van der Waals surface area contributed by atoms with Gasteiger partial charge in [0.15, 0.2) is 0 Å². The molecule has 85 heavy (non-hydrogen) atoms. The molecule has 4 atom stereocenters. The van der Waals surface area contributed by atoms with E-state index in [9.17, 15) is 59.8 Å². The van der Waals surface area contributed by atoms with Crippen LogP contribution in [0, 0.1) is 20.2 Å². The van der Waals surface area contributed by atoms with E-state index in [1.807, 2.05) is 65.8 Å². The molecule has 2 aliphatic heterocycles. The van der Waals surface area contributed by atoms with Crippen LogP contribution in [0.5, 0.6) is 11.5 Å². The van der Waals surface area contributed by atoms with Crippen molar-refractivity contribution in [3.8, 4) is 11.5 Å². The number of rotatable bonds is 24. The van der Waals surface area contributed by atoms with Gasteiger partial charge in [-0.2, -0.15) is 0 Å². The fourth-order valence-corrected chi connectivity index (χ4v) is 8.93. The Hall–Kier alpha value is -7.90. The summed E-state index contributed by atoms with van der Waals surface area (Å²) < 4.78 is 22.4. The fourth-order valence-electron chi connectivity index (χ4n) is 8.93. The summed E-state index contributed by atoms with van der Waals surface area (Å²) in [5.41, 5.74) is 3.22. The van der Waals surface area contributed by atoms with Crippen LogP contribution in [-0.4, -0.2) is 122 Å². The summed E-state index contributed by atoms with van der Waals surface area (Å²) in [4.78, 5) is 72.5. The average Bonchev–Trinajstić information content (AvgIpc) is 1.09. The van der Waals surface area contributed by atoms with Gasteiger partial charge in [-0.1, -0.05) is 48.5 Å². The zero-order valence-electron chi connectivity index (χ0n) is 49.1. The number of β-amino-alcohol motifs (C(OH)–C–C–N with tert-alkyl or cyclic N) is 2. The average molecular weight is 1230 g/mol. The summed E-state index contributed by atoms with van der Waals surface area (Å²) in [6.45, 7) is 19.7. The largest absolute Gasteiger partial charge is 0.491 e. The summed E-state index contributed by atoms with van der Waals surface area (Å²) in [5.74, 6) is -4.83. The lowest BCUT2D eigenvalue weighted by Crippen LogP contribution is -2.42. The van der Waals surface area contributed by atoms with E-state index in [1.54, 1.807) is 64.1 Å². The van der Waals surface area contributed by atoms with Crippen LogP contribution < -0.4 is 30.7 Å². The maximum absolute atomic E-state index is 13.3. The van der Waals surface area contributed by atoms with Gasteiger partial charge in [0.25, 0.3) is 11.4 Å². The fraction of sp³-hybridized carbons (Fsp3) is 0.400. The van der Waals surface area contributed by atoms with Crippen molar-refractivity contribution in [3.63, 3.8) is 0 Å². The first-order chi connectivity index (χ1) is 38.5. The third-order valence-corrected chi connectivity index (χ3v) is 13.0. The highest BCUT2D eigenvalue weighted by Gasteiger charge is 2.39. The standard InChI is InChI=1S/2C30H37N3O8.2ClH.H2O/c2*1-18-25(28(35)36)27(21-7-6-8-22(15-21)33(38)39)26(19(2)32-18)29(37)40-14-13-20-9-11-24(12-10-20)41-17-23(34)16-31-30(3,4)5;;;/h2*6-12,15,23,27,31-32,34H,13-14,16-17H2,1-5H3,(H,35,36);2*1H;1H2. The van der Waals surface area contributed by atoms with Gasteiger partial charge in [-0.25, -0.2) is 19.2 Å². The summed E-state index contributed by atoms with van der Waals surface area (Å²) in [7, 11) is 0. The molecule has 2 aliphatic rings. The van der Waals surface area contributed by atoms with Crippen LogP contribution in [0.2, 0.25) is 0 Å². The van der Waals surface area contributed by atoms with Crippen LogP contribution >= 0.6 is 24.8 Å². The Labute approximate surface area is 506 Å². The van der Waals surface area contributed by atoms with E-state index in [1.165, 1.54) is 36.4 Å². The van der Waals surface area contributed by atoms with Crippen LogP contribution in [0.1, 0.15) is 103 Å². The number of carbonyl (C=O) groups is 4. The monoisotopic (exact) mass is 1220 g/mol. The number of hydrogen-bond donors (Lipinski definition) is 8. The Morgan fingerprint density at radius 1 is 0.553 bits per heavy atom. The first-order valence-electron chi connectivity index (χ1n) is 26.5. The maximum Gasteiger partial charge on any atom is 0.336 e. The summed E-state index contributed by atoms with van der Waals surface area (Å²) in [5, 5.41) is 75.1. The van der Waals surface area contributed by atoms with Crippen molar-refractivity contribution in [2.45, 2.75) is 117 Å². The smallest absolute Gasteiger partial charge is 0.336 e. The number of aliphatic carboxylic acids is 2. The van der Waals surface area contributed by atoms with Crippen LogP contribution in [0.25, 0.3) is 0 Å². The predicted molar refractivity (Wildman–Crippen MR) is 323 cm³/mol. The molecular weight excluding hydrogens is 1150 g/mol. The number of aliphatic hydroxyl groups is 2. The molecule has 4 aromatic carbocycles. The maximum atomic E-state index is 13.3. The third-order valence-electron chi connectivity index (χ3n) is 13.0. The Morgan fingerprint density at radius 3 is 1.16 bits per heavy atom. The number of esters is 2. The van der Waals surface area contributed by atoms with Crippen molar-refractivity contribution in [2.24, 2.45) is 0 Å². The van der Waals surface area contributed by atoms with Crippen molar-refractivity contribution >= 4 is 60.1 Å². The number of carbonyl (C=O) groups excluding carboxylic acids is 2. The molecule has 0 saturated carbocycles. The zero-order valence-corrected chi connectivity index (χ0v) is 50.7. The van der Waals surface area contributed by atoms with Crippen LogP contribution in [0.3, 0.4) is 0 Å². The van der Waals surface area contributed by atoms with E-state index in [0.717, 1.165) is 11.1 Å². The molecule has 0 fully saturated rings. The number of benzene rings is 4. The van der Waals surface area contributed by atoms with Crippen molar-refractivity contribution in [3.05, 3.63) is 185 Å². The minimum Gasteiger partial charge on any atom is -0.491 e. The minimum atomic E-state index is -1.25.